The number of ether oxygens (including phenoxy) is 1. The monoisotopic (exact) mass is 489 g/mol. The highest BCUT2D eigenvalue weighted by atomic mass is 35.5. The molecular formula is C23H22Cl3N5O. The fourth-order valence-corrected chi connectivity index (χ4v) is 4.39. The number of benzene rings is 1. The first kappa shape index (κ1) is 22.6. The molecular weight excluding hydrogens is 469 g/mol. The van der Waals surface area contributed by atoms with E-state index in [1.165, 1.54) is 0 Å². The molecule has 0 unspecified atom stereocenters. The summed E-state index contributed by atoms with van der Waals surface area (Å²) in [6.45, 7) is 7.95. The van der Waals surface area contributed by atoms with E-state index in [0.717, 1.165) is 22.3 Å². The Morgan fingerprint density at radius 2 is 1.84 bits per heavy atom. The van der Waals surface area contributed by atoms with E-state index < -0.39 is 0 Å². The summed E-state index contributed by atoms with van der Waals surface area (Å²) in [5.74, 6) is 1.51. The maximum Gasteiger partial charge on any atom is 0.158 e. The number of nitrogen functional groups attached to an aromatic ring is 1. The average molecular weight is 491 g/mol. The summed E-state index contributed by atoms with van der Waals surface area (Å²) in [5.41, 5.74) is 10.1. The highest BCUT2D eigenvalue weighted by Gasteiger charge is 2.26. The Morgan fingerprint density at radius 1 is 1.09 bits per heavy atom. The summed E-state index contributed by atoms with van der Waals surface area (Å²) < 4.78 is 8.21. The van der Waals surface area contributed by atoms with Crippen LogP contribution in [0, 0.1) is 6.92 Å². The van der Waals surface area contributed by atoms with Crippen molar-refractivity contribution in [3.05, 3.63) is 69.1 Å². The van der Waals surface area contributed by atoms with E-state index in [2.05, 4.69) is 15.0 Å². The Morgan fingerprint density at radius 3 is 2.50 bits per heavy atom. The van der Waals surface area contributed by atoms with Crippen molar-refractivity contribution in [1.82, 2.24) is 19.4 Å². The number of nitrogens with zero attached hydrogens (tertiary/aromatic N) is 4. The smallest absolute Gasteiger partial charge is 0.158 e. The number of halogens is 3. The number of fused-ring (bicyclic) bond motifs is 1. The molecule has 0 radical (unpaired) electrons. The summed E-state index contributed by atoms with van der Waals surface area (Å²) in [5, 5.41) is 1.32. The summed E-state index contributed by atoms with van der Waals surface area (Å²) in [6, 6.07) is 5.58. The standard InChI is InChI=1S/C23H22Cl3N5O/c1-11(2)32-20-15(9-16(24)13(4)18(20)14-5-6-17(25)29-10-14)12(3)23-30-21(26)19-22(27)28-7-8-31(19)23/h5-12H,1-4H3,(H2,27,28)/t12-/m0/s1. The Hall–Kier alpha value is -2.54. The van der Waals surface area contributed by atoms with Crippen molar-refractivity contribution in [3.63, 3.8) is 0 Å². The lowest BCUT2D eigenvalue weighted by Crippen LogP contribution is -2.12. The zero-order valence-electron chi connectivity index (χ0n) is 18.0. The SMILES string of the molecule is Cc1c(Cl)cc([C@H](C)c2nc(Cl)c3c(N)nccn23)c(OC(C)C)c1-c1ccc(Cl)nc1. The van der Waals surface area contributed by atoms with Crippen LogP contribution in [0.1, 0.15) is 43.6 Å². The fourth-order valence-electron chi connectivity index (χ4n) is 3.79. The Bertz CT molecular complexity index is 1300. The van der Waals surface area contributed by atoms with Crippen LogP contribution in [0.3, 0.4) is 0 Å². The molecule has 0 saturated heterocycles. The third-order valence-corrected chi connectivity index (χ3v) is 6.18. The minimum Gasteiger partial charge on any atom is -0.490 e. The highest BCUT2D eigenvalue weighted by molar-refractivity contribution is 6.33. The van der Waals surface area contributed by atoms with E-state index in [9.17, 15) is 0 Å². The number of anilines is 1. The van der Waals surface area contributed by atoms with Gasteiger partial charge in [-0.05, 0) is 44.5 Å². The topological polar surface area (TPSA) is 78.3 Å². The fraction of sp³-hybridized carbons (Fsp3) is 0.261. The number of rotatable bonds is 5. The molecule has 9 heteroatoms. The van der Waals surface area contributed by atoms with Gasteiger partial charge >= 0.3 is 0 Å². The molecule has 4 rings (SSSR count). The van der Waals surface area contributed by atoms with Gasteiger partial charge < -0.3 is 10.5 Å². The van der Waals surface area contributed by atoms with Crippen LogP contribution >= 0.6 is 34.8 Å². The van der Waals surface area contributed by atoms with Crippen molar-refractivity contribution in [2.75, 3.05) is 5.73 Å². The minimum absolute atomic E-state index is 0.0685. The van der Waals surface area contributed by atoms with Crippen LogP contribution in [-0.4, -0.2) is 25.5 Å². The highest BCUT2D eigenvalue weighted by Crippen LogP contribution is 2.45. The predicted octanol–water partition coefficient (Wildman–Crippen LogP) is 6.58. The van der Waals surface area contributed by atoms with Crippen LogP contribution in [0.5, 0.6) is 5.75 Å². The first-order valence-electron chi connectivity index (χ1n) is 10.1. The number of aromatic nitrogens is 4. The lowest BCUT2D eigenvalue weighted by Gasteiger charge is -2.24. The molecule has 0 saturated carbocycles. The first-order chi connectivity index (χ1) is 15.2. The van der Waals surface area contributed by atoms with Gasteiger partial charge in [0.1, 0.15) is 22.2 Å². The number of hydrogen-bond acceptors (Lipinski definition) is 5. The van der Waals surface area contributed by atoms with E-state index in [-0.39, 0.29) is 12.0 Å². The first-order valence-corrected chi connectivity index (χ1v) is 11.2. The van der Waals surface area contributed by atoms with Gasteiger partial charge in [0.05, 0.1) is 6.10 Å². The third-order valence-electron chi connectivity index (χ3n) is 5.30. The molecule has 1 atom stereocenters. The minimum atomic E-state index is -0.220. The maximum atomic E-state index is 6.70. The normalized spacial score (nSPS) is 12.5. The molecule has 0 spiro atoms. The summed E-state index contributed by atoms with van der Waals surface area (Å²) in [4.78, 5) is 13.0. The van der Waals surface area contributed by atoms with Crippen LogP contribution in [0.25, 0.3) is 16.6 Å². The summed E-state index contributed by atoms with van der Waals surface area (Å²) >= 11 is 19.1. The van der Waals surface area contributed by atoms with Gasteiger partial charge in [0.2, 0.25) is 0 Å². The molecule has 166 valence electrons. The second-order valence-electron chi connectivity index (χ2n) is 7.83. The number of nitrogens with two attached hydrogens (primary N) is 1. The largest absolute Gasteiger partial charge is 0.490 e. The van der Waals surface area contributed by atoms with E-state index in [4.69, 9.17) is 45.3 Å². The zero-order chi connectivity index (χ0) is 23.2. The number of hydrogen-bond donors (Lipinski definition) is 1. The van der Waals surface area contributed by atoms with Crippen molar-refractivity contribution in [3.8, 4) is 16.9 Å². The molecule has 0 bridgehead atoms. The molecule has 32 heavy (non-hydrogen) atoms. The van der Waals surface area contributed by atoms with Crippen LogP contribution in [-0.2, 0) is 0 Å². The molecule has 1 aromatic carbocycles. The van der Waals surface area contributed by atoms with E-state index in [1.54, 1.807) is 24.7 Å². The van der Waals surface area contributed by atoms with E-state index >= 15 is 0 Å². The zero-order valence-corrected chi connectivity index (χ0v) is 20.3. The molecule has 0 amide bonds. The van der Waals surface area contributed by atoms with Gasteiger partial charge in [-0.25, -0.2) is 15.0 Å². The van der Waals surface area contributed by atoms with Gasteiger partial charge in [0.15, 0.2) is 11.0 Å². The van der Waals surface area contributed by atoms with E-state index in [0.29, 0.717) is 38.2 Å². The van der Waals surface area contributed by atoms with Gasteiger partial charge in [-0.2, -0.15) is 0 Å². The molecule has 0 aliphatic heterocycles. The number of imidazole rings is 1. The Labute approximate surface area is 201 Å². The van der Waals surface area contributed by atoms with Crippen LogP contribution in [0.4, 0.5) is 5.82 Å². The third kappa shape index (κ3) is 3.98. The molecule has 0 aliphatic rings. The summed E-state index contributed by atoms with van der Waals surface area (Å²) in [6.07, 6.45) is 5.06. The van der Waals surface area contributed by atoms with Crippen LogP contribution in [0.2, 0.25) is 15.3 Å². The Kier molecular flexibility index (Phi) is 6.21. The molecule has 2 N–H and O–H groups in total. The number of pyridine rings is 1. The lowest BCUT2D eigenvalue weighted by molar-refractivity contribution is 0.240. The molecule has 3 heterocycles. The average Bonchev–Trinajstić information content (AvgIpc) is 3.09. The van der Waals surface area contributed by atoms with Gasteiger partial charge in [-0.1, -0.05) is 41.7 Å². The van der Waals surface area contributed by atoms with Gasteiger partial charge in [-0.3, -0.25) is 4.40 Å². The Balaban J connectivity index is 1.98. The van der Waals surface area contributed by atoms with Crippen molar-refractivity contribution in [1.29, 1.82) is 0 Å². The van der Waals surface area contributed by atoms with Crippen molar-refractivity contribution in [2.45, 2.75) is 39.7 Å². The molecule has 4 aromatic rings. The second-order valence-corrected chi connectivity index (χ2v) is 8.98. The van der Waals surface area contributed by atoms with Gasteiger partial charge in [0.25, 0.3) is 0 Å². The van der Waals surface area contributed by atoms with Crippen LogP contribution < -0.4 is 10.5 Å². The lowest BCUT2D eigenvalue weighted by atomic mass is 9.91. The predicted molar refractivity (Wildman–Crippen MR) is 130 cm³/mol. The van der Waals surface area contributed by atoms with E-state index in [1.807, 2.05) is 44.2 Å². The molecule has 0 fully saturated rings. The molecule has 0 aliphatic carbocycles. The van der Waals surface area contributed by atoms with Gasteiger partial charge in [-0.15, -0.1) is 0 Å². The van der Waals surface area contributed by atoms with Crippen molar-refractivity contribution < 1.29 is 4.74 Å². The van der Waals surface area contributed by atoms with Gasteiger partial charge in [0, 0.05) is 46.2 Å². The summed E-state index contributed by atoms with van der Waals surface area (Å²) in [7, 11) is 0. The van der Waals surface area contributed by atoms with Crippen LogP contribution in [0.15, 0.2) is 36.8 Å². The second kappa shape index (κ2) is 8.77. The van der Waals surface area contributed by atoms with Crippen molar-refractivity contribution >= 4 is 46.1 Å². The molecule has 6 nitrogen and oxygen atoms in total. The maximum absolute atomic E-state index is 6.70. The quantitative estimate of drug-likeness (QED) is 0.320. The van der Waals surface area contributed by atoms with Crippen molar-refractivity contribution in [2.24, 2.45) is 0 Å². The molecule has 3 aromatic heterocycles.